The van der Waals surface area contributed by atoms with E-state index < -0.39 is 34.5 Å². The van der Waals surface area contributed by atoms with E-state index in [1.54, 1.807) is 44.2 Å². The summed E-state index contributed by atoms with van der Waals surface area (Å²) in [4.78, 5) is 23.7. The number of carbonyl (C=O) groups excluding carboxylic acids is 1. The lowest BCUT2D eigenvalue weighted by Crippen LogP contribution is -2.48. The van der Waals surface area contributed by atoms with E-state index in [2.05, 4.69) is 5.32 Å². The Kier molecular flexibility index (Phi) is 4.16. The molecule has 0 radical (unpaired) electrons. The Balaban J connectivity index is 1.93. The van der Waals surface area contributed by atoms with E-state index in [1.807, 2.05) is 0 Å². The highest BCUT2D eigenvalue weighted by Gasteiger charge is 2.37. The SMILES string of the molecule is CC(C)[C@@H](NC(=O)CN1c2cccc3cccc(c23)S1(=O)=O)C(=O)O. The highest BCUT2D eigenvalue weighted by Crippen LogP contribution is 2.41. The van der Waals surface area contributed by atoms with Gasteiger partial charge < -0.3 is 10.4 Å². The highest BCUT2D eigenvalue weighted by atomic mass is 32.2. The molecule has 0 saturated heterocycles. The first-order chi connectivity index (χ1) is 11.7. The predicted octanol–water partition coefficient (Wildman–Crippen LogP) is 1.57. The smallest absolute Gasteiger partial charge is 0.326 e. The zero-order valence-electron chi connectivity index (χ0n) is 13.8. The lowest BCUT2D eigenvalue weighted by molar-refractivity contribution is -0.142. The predicted molar refractivity (Wildman–Crippen MR) is 92.9 cm³/mol. The molecule has 0 fully saturated rings. The molecule has 1 atom stereocenters. The molecule has 1 aliphatic heterocycles. The molecular weight excluding hydrogens is 344 g/mol. The molecule has 25 heavy (non-hydrogen) atoms. The molecule has 1 heterocycles. The number of carbonyl (C=O) groups is 2. The zero-order valence-corrected chi connectivity index (χ0v) is 14.6. The minimum absolute atomic E-state index is 0.159. The van der Waals surface area contributed by atoms with Crippen LogP contribution in [0.15, 0.2) is 41.3 Å². The lowest BCUT2D eigenvalue weighted by Gasteiger charge is -2.22. The molecule has 0 aromatic heterocycles. The number of nitrogens with one attached hydrogen (secondary N) is 1. The van der Waals surface area contributed by atoms with Crippen LogP contribution in [0.4, 0.5) is 5.69 Å². The van der Waals surface area contributed by atoms with Crippen LogP contribution < -0.4 is 9.62 Å². The van der Waals surface area contributed by atoms with Crippen molar-refractivity contribution in [3.63, 3.8) is 0 Å². The molecule has 1 amide bonds. The van der Waals surface area contributed by atoms with Crippen molar-refractivity contribution in [3.05, 3.63) is 36.4 Å². The van der Waals surface area contributed by atoms with E-state index in [4.69, 9.17) is 0 Å². The number of hydrogen-bond acceptors (Lipinski definition) is 4. The summed E-state index contributed by atoms with van der Waals surface area (Å²) >= 11 is 0. The average molecular weight is 362 g/mol. The van der Waals surface area contributed by atoms with Gasteiger partial charge in [-0.3, -0.25) is 9.10 Å². The summed E-state index contributed by atoms with van der Waals surface area (Å²) in [6, 6.07) is 9.06. The van der Waals surface area contributed by atoms with E-state index in [0.717, 1.165) is 9.69 Å². The van der Waals surface area contributed by atoms with Crippen LogP contribution in [0, 0.1) is 5.92 Å². The number of aliphatic carboxylic acids is 1. The Hall–Kier alpha value is -2.61. The molecule has 0 saturated carbocycles. The summed E-state index contributed by atoms with van der Waals surface area (Å²) in [5.74, 6) is -2.13. The summed E-state index contributed by atoms with van der Waals surface area (Å²) in [7, 11) is -3.84. The Labute approximate surface area is 145 Å². The maximum atomic E-state index is 12.8. The van der Waals surface area contributed by atoms with Crippen molar-refractivity contribution in [1.82, 2.24) is 5.32 Å². The highest BCUT2D eigenvalue weighted by molar-refractivity contribution is 7.93. The quantitative estimate of drug-likeness (QED) is 0.840. The van der Waals surface area contributed by atoms with Gasteiger partial charge in [0.15, 0.2) is 0 Å². The van der Waals surface area contributed by atoms with Gasteiger partial charge in [-0.25, -0.2) is 13.2 Å². The summed E-state index contributed by atoms with van der Waals surface area (Å²) in [6.45, 7) is 2.87. The first kappa shape index (κ1) is 17.2. The summed E-state index contributed by atoms with van der Waals surface area (Å²) < 4.78 is 26.6. The standard InChI is InChI=1S/C17H18N2O5S/c1-10(2)16(17(21)22)18-14(20)9-19-12-7-3-5-11-6-4-8-13(15(11)12)25(19,23)24/h3-8,10,16H,9H2,1-2H3,(H,18,20)(H,21,22)/t16-/m1/s1. The number of carboxylic acid groups (broad SMARTS) is 1. The van der Waals surface area contributed by atoms with Gasteiger partial charge in [-0.15, -0.1) is 0 Å². The molecule has 1 aliphatic rings. The lowest BCUT2D eigenvalue weighted by atomic mass is 10.0. The van der Waals surface area contributed by atoms with Crippen molar-refractivity contribution >= 4 is 38.4 Å². The number of benzene rings is 2. The molecule has 0 unspecified atom stereocenters. The second-order valence-corrected chi connectivity index (χ2v) is 8.10. The van der Waals surface area contributed by atoms with Gasteiger partial charge in [0, 0.05) is 5.39 Å². The minimum Gasteiger partial charge on any atom is -0.480 e. The number of nitrogens with zero attached hydrogens (tertiary/aromatic N) is 1. The van der Waals surface area contributed by atoms with Gasteiger partial charge >= 0.3 is 5.97 Å². The van der Waals surface area contributed by atoms with Crippen molar-refractivity contribution in [2.45, 2.75) is 24.8 Å². The normalized spacial score (nSPS) is 16.2. The molecule has 7 nitrogen and oxygen atoms in total. The van der Waals surface area contributed by atoms with Crippen LogP contribution in [-0.2, 0) is 19.6 Å². The zero-order chi connectivity index (χ0) is 18.4. The third kappa shape index (κ3) is 2.82. The first-order valence-corrected chi connectivity index (χ1v) is 9.24. The molecule has 2 aromatic rings. The number of carboxylic acids is 1. The van der Waals surface area contributed by atoms with Crippen molar-refractivity contribution in [1.29, 1.82) is 0 Å². The topological polar surface area (TPSA) is 104 Å². The van der Waals surface area contributed by atoms with Gasteiger partial charge in [-0.1, -0.05) is 38.1 Å². The molecule has 2 aromatic carbocycles. The van der Waals surface area contributed by atoms with Crippen LogP contribution in [-0.4, -0.2) is 38.0 Å². The fourth-order valence-corrected chi connectivity index (χ4v) is 4.66. The van der Waals surface area contributed by atoms with Crippen LogP contribution in [0.5, 0.6) is 0 Å². The monoisotopic (exact) mass is 362 g/mol. The van der Waals surface area contributed by atoms with Crippen molar-refractivity contribution in [2.24, 2.45) is 5.92 Å². The number of anilines is 1. The number of rotatable bonds is 5. The second-order valence-electron chi connectivity index (χ2n) is 6.27. The Morgan fingerprint density at radius 1 is 1.16 bits per heavy atom. The van der Waals surface area contributed by atoms with Crippen LogP contribution in [0.1, 0.15) is 13.8 Å². The largest absolute Gasteiger partial charge is 0.480 e. The van der Waals surface area contributed by atoms with Crippen LogP contribution in [0.2, 0.25) is 0 Å². The van der Waals surface area contributed by atoms with E-state index >= 15 is 0 Å². The molecule has 0 bridgehead atoms. The van der Waals surface area contributed by atoms with E-state index in [0.29, 0.717) is 11.1 Å². The minimum atomic E-state index is -3.84. The summed E-state index contributed by atoms with van der Waals surface area (Å²) in [5.41, 5.74) is 0.430. The Morgan fingerprint density at radius 3 is 2.40 bits per heavy atom. The number of hydrogen-bond donors (Lipinski definition) is 2. The Morgan fingerprint density at radius 2 is 1.80 bits per heavy atom. The third-order valence-electron chi connectivity index (χ3n) is 4.22. The molecule has 0 spiro atoms. The number of amides is 1. The van der Waals surface area contributed by atoms with Gasteiger partial charge in [-0.2, -0.15) is 0 Å². The van der Waals surface area contributed by atoms with Gasteiger partial charge in [0.25, 0.3) is 10.0 Å². The number of sulfonamides is 1. The van der Waals surface area contributed by atoms with Gasteiger partial charge in [0.2, 0.25) is 5.91 Å². The van der Waals surface area contributed by atoms with Crippen LogP contribution in [0.3, 0.4) is 0 Å². The fraction of sp³-hybridized carbons (Fsp3) is 0.294. The van der Waals surface area contributed by atoms with E-state index in [1.165, 1.54) is 6.07 Å². The summed E-state index contributed by atoms with van der Waals surface area (Å²) in [6.07, 6.45) is 0. The van der Waals surface area contributed by atoms with E-state index in [-0.39, 0.29) is 10.8 Å². The van der Waals surface area contributed by atoms with Crippen molar-refractivity contribution < 1.29 is 23.1 Å². The maximum absolute atomic E-state index is 12.8. The first-order valence-electron chi connectivity index (χ1n) is 7.80. The third-order valence-corrected chi connectivity index (χ3v) is 6.02. The molecular formula is C17H18N2O5S. The Bertz CT molecular complexity index is 963. The average Bonchev–Trinajstić information content (AvgIpc) is 2.76. The molecule has 2 N–H and O–H groups in total. The van der Waals surface area contributed by atoms with E-state index in [9.17, 15) is 23.1 Å². The van der Waals surface area contributed by atoms with Crippen LogP contribution in [0.25, 0.3) is 10.8 Å². The van der Waals surface area contributed by atoms with Crippen molar-refractivity contribution in [2.75, 3.05) is 10.8 Å². The summed E-state index contributed by atoms with van der Waals surface area (Å²) in [5, 5.41) is 12.9. The molecule has 132 valence electrons. The fourth-order valence-electron chi connectivity index (χ4n) is 2.99. The molecule has 3 rings (SSSR count). The van der Waals surface area contributed by atoms with Crippen LogP contribution >= 0.6 is 0 Å². The van der Waals surface area contributed by atoms with Gasteiger partial charge in [0.05, 0.1) is 10.6 Å². The van der Waals surface area contributed by atoms with Crippen molar-refractivity contribution in [3.8, 4) is 0 Å². The molecule has 0 aliphatic carbocycles. The maximum Gasteiger partial charge on any atom is 0.326 e. The second kappa shape index (κ2) is 6.03. The molecule has 8 heteroatoms. The van der Waals surface area contributed by atoms with Gasteiger partial charge in [-0.05, 0) is 23.4 Å². The van der Waals surface area contributed by atoms with Gasteiger partial charge in [0.1, 0.15) is 12.6 Å².